The highest BCUT2D eigenvalue weighted by atomic mass is 35.5. The van der Waals surface area contributed by atoms with Crippen molar-refractivity contribution >= 4 is 41.8 Å². The summed E-state index contributed by atoms with van der Waals surface area (Å²) in [7, 11) is 6.15. The largest absolute Gasteiger partial charge is 0.380 e. The first kappa shape index (κ1) is 15.7. The summed E-state index contributed by atoms with van der Waals surface area (Å²) in [4.78, 5) is 13.1. The Hall–Kier alpha value is -2.14. The summed E-state index contributed by atoms with van der Waals surface area (Å²) < 4.78 is 0. The van der Waals surface area contributed by atoms with Crippen LogP contribution in [0.2, 0.25) is 5.15 Å². The van der Waals surface area contributed by atoms with Crippen molar-refractivity contribution in [1.29, 1.82) is 0 Å². The fourth-order valence-corrected chi connectivity index (χ4v) is 2.70. The number of halogens is 1. The van der Waals surface area contributed by atoms with Gasteiger partial charge < -0.3 is 5.32 Å². The molecule has 114 valence electrons. The Morgan fingerprint density at radius 3 is 2.70 bits per heavy atom. The van der Waals surface area contributed by atoms with Gasteiger partial charge in [0, 0.05) is 24.0 Å². The summed E-state index contributed by atoms with van der Waals surface area (Å²) in [5, 5.41) is 3.85. The molecule has 1 unspecified atom stereocenters. The third-order valence-electron chi connectivity index (χ3n) is 3.81. The Bertz CT molecular complexity index is 853. The van der Waals surface area contributed by atoms with Gasteiger partial charge in [0.15, 0.2) is 5.65 Å². The highest BCUT2D eigenvalue weighted by molar-refractivity contribution is 6.39. The third-order valence-corrected chi connectivity index (χ3v) is 4.08. The molecule has 1 aromatic carbocycles. The van der Waals surface area contributed by atoms with Crippen LogP contribution in [0.25, 0.3) is 22.3 Å². The Balaban J connectivity index is 2.33. The van der Waals surface area contributed by atoms with Gasteiger partial charge >= 0.3 is 0 Å². The van der Waals surface area contributed by atoms with Crippen molar-refractivity contribution in [3.8, 4) is 11.1 Å². The molecule has 0 saturated carbocycles. The number of pyridine rings is 1. The number of rotatable bonds is 4. The third kappa shape index (κ3) is 3.01. The van der Waals surface area contributed by atoms with Gasteiger partial charge in [0.2, 0.25) is 0 Å². The molecular weight excluding hydrogens is 306 g/mol. The quantitative estimate of drug-likeness (QED) is 0.591. The smallest absolute Gasteiger partial charge is 0.181 e. The second-order valence-corrected chi connectivity index (χ2v) is 5.78. The Morgan fingerprint density at radius 2 is 1.96 bits per heavy atom. The Labute approximate surface area is 141 Å². The standard InChI is InChI=1S/C17H16BClN4/c1-3-10(2)22-14-13(11-6-4-5-7-12(11)18)16(19)23-17-15(14)20-8-9-21-17/h4-10H,3H2,1-2H3,(H,21,22,23). The number of nitrogens with zero attached hydrogens (tertiary/aromatic N) is 3. The minimum atomic E-state index is 0.252. The van der Waals surface area contributed by atoms with E-state index >= 15 is 0 Å². The lowest BCUT2D eigenvalue weighted by atomic mass is 9.87. The molecule has 0 amide bonds. The van der Waals surface area contributed by atoms with E-state index in [9.17, 15) is 0 Å². The number of hydrogen-bond donors (Lipinski definition) is 1. The van der Waals surface area contributed by atoms with E-state index in [1.165, 1.54) is 0 Å². The molecular formula is C17H16BClN4. The van der Waals surface area contributed by atoms with Crippen LogP contribution in [0.3, 0.4) is 0 Å². The molecule has 0 spiro atoms. The van der Waals surface area contributed by atoms with Gasteiger partial charge in [0.05, 0.1) is 5.69 Å². The SMILES string of the molecule is [B]c1ccccc1-c1c(Cl)nc2nccnc2c1NC(C)CC. The number of fused-ring (bicyclic) bond motifs is 1. The number of aromatic nitrogens is 3. The molecule has 0 aliphatic carbocycles. The molecule has 1 N–H and O–H groups in total. The maximum absolute atomic E-state index is 6.47. The van der Waals surface area contributed by atoms with Crippen LogP contribution in [-0.4, -0.2) is 28.8 Å². The van der Waals surface area contributed by atoms with Gasteiger partial charge in [0.1, 0.15) is 18.5 Å². The molecule has 3 aromatic rings. The minimum Gasteiger partial charge on any atom is -0.380 e. The maximum atomic E-state index is 6.47. The molecule has 23 heavy (non-hydrogen) atoms. The Kier molecular flexibility index (Phi) is 4.48. The molecule has 3 rings (SSSR count). The molecule has 1 atom stereocenters. The van der Waals surface area contributed by atoms with Gasteiger partial charge in [-0.2, -0.15) is 0 Å². The summed E-state index contributed by atoms with van der Waals surface area (Å²) in [5.41, 5.74) is 4.27. The van der Waals surface area contributed by atoms with E-state index in [2.05, 4.69) is 34.1 Å². The highest BCUT2D eigenvalue weighted by Gasteiger charge is 2.19. The lowest BCUT2D eigenvalue weighted by molar-refractivity contribution is 0.765. The molecule has 0 bridgehead atoms. The van der Waals surface area contributed by atoms with Gasteiger partial charge in [-0.05, 0) is 18.9 Å². The van der Waals surface area contributed by atoms with Crippen LogP contribution in [0.1, 0.15) is 20.3 Å². The molecule has 0 aliphatic heterocycles. The normalized spacial score (nSPS) is 12.3. The molecule has 2 radical (unpaired) electrons. The van der Waals surface area contributed by atoms with Gasteiger partial charge in [0.25, 0.3) is 0 Å². The number of hydrogen-bond acceptors (Lipinski definition) is 4. The van der Waals surface area contributed by atoms with Crippen LogP contribution in [0.4, 0.5) is 5.69 Å². The van der Waals surface area contributed by atoms with Crippen molar-refractivity contribution in [1.82, 2.24) is 15.0 Å². The zero-order valence-electron chi connectivity index (χ0n) is 13.0. The van der Waals surface area contributed by atoms with E-state index < -0.39 is 0 Å². The average molecular weight is 323 g/mol. The average Bonchev–Trinajstić information content (AvgIpc) is 2.56. The molecule has 2 aromatic heterocycles. The first-order valence-corrected chi connectivity index (χ1v) is 7.91. The van der Waals surface area contributed by atoms with Crippen LogP contribution in [0, 0.1) is 0 Å². The van der Waals surface area contributed by atoms with Crippen LogP contribution < -0.4 is 10.8 Å². The Morgan fingerprint density at radius 1 is 1.22 bits per heavy atom. The molecule has 4 nitrogen and oxygen atoms in total. The fourth-order valence-electron chi connectivity index (χ4n) is 2.42. The van der Waals surface area contributed by atoms with Crippen LogP contribution in [-0.2, 0) is 0 Å². The second-order valence-electron chi connectivity index (χ2n) is 5.42. The van der Waals surface area contributed by atoms with E-state index in [4.69, 9.17) is 19.4 Å². The summed E-state index contributed by atoms with van der Waals surface area (Å²) in [5.74, 6) is 0. The predicted molar refractivity (Wildman–Crippen MR) is 96.5 cm³/mol. The molecule has 0 aliphatic rings. The number of anilines is 1. The molecule has 0 fully saturated rings. The highest BCUT2D eigenvalue weighted by Crippen LogP contribution is 2.37. The van der Waals surface area contributed by atoms with Crippen molar-refractivity contribution in [3.63, 3.8) is 0 Å². The summed E-state index contributed by atoms with van der Waals surface area (Å²) in [6.07, 6.45) is 4.22. The number of benzene rings is 1. The second kappa shape index (κ2) is 6.55. The molecule has 2 heterocycles. The predicted octanol–water partition coefficient (Wildman–Crippen LogP) is 3.35. The van der Waals surface area contributed by atoms with Crippen LogP contribution >= 0.6 is 11.6 Å². The van der Waals surface area contributed by atoms with Crippen molar-refractivity contribution < 1.29 is 0 Å². The monoisotopic (exact) mass is 322 g/mol. The summed E-state index contributed by atoms with van der Waals surface area (Å²) in [6.45, 7) is 4.22. The minimum absolute atomic E-state index is 0.252. The summed E-state index contributed by atoms with van der Waals surface area (Å²) >= 11 is 6.47. The first-order valence-electron chi connectivity index (χ1n) is 7.53. The van der Waals surface area contributed by atoms with E-state index in [0.29, 0.717) is 21.8 Å². The lowest BCUT2D eigenvalue weighted by Gasteiger charge is -2.20. The van der Waals surface area contributed by atoms with E-state index in [0.717, 1.165) is 23.2 Å². The van der Waals surface area contributed by atoms with E-state index in [-0.39, 0.29) is 6.04 Å². The van der Waals surface area contributed by atoms with Crippen molar-refractivity contribution in [3.05, 3.63) is 41.8 Å². The molecule has 6 heteroatoms. The fraction of sp³-hybridized carbons (Fsp3) is 0.235. The van der Waals surface area contributed by atoms with Crippen molar-refractivity contribution in [2.75, 3.05) is 5.32 Å². The van der Waals surface area contributed by atoms with Gasteiger partial charge in [-0.15, -0.1) is 0 Å². The lowest BCUT2D eigenvalue weighted by Crippen LogP contribution is -2.17. The van der Waals surface area contributed by atoms with Crippen LogP contribution in [0.5, 0.6) is 0 Å². The summed E-state index contributed by atoms with van der Waals surface area (Å²) in [6, 6.07) is 7.85. The zero-order chi connectivity index (χ0) is 16.4. The van der Waals surface area contributed by atoms with E-state index in [1.54, 1.807) is 12.4 Å². The molecule has 0 saturated heterocycles. The van der Waals surface area contributed by atoms with Gasteiger partial charge in [-0.25, -0.2) is 15.0 Å². The van der Waals surface area contributed by atoms with Gasteiger partial charge in [-0.3, -0.25) is 0 Å². The number of nitrogens with one attached hydrogen (secondary N) is 1. The maximum Gasteiger partial charge on any atom is 0.181 e. The zero-order valence-corrected chi connectivity index (χ0v) is 13.8. The van der Waals surface area contributed by atoms with Crippen LogP contribution in [0.15, 0.2) is 36.7 Å². The van der Waals surface area contributed by atoms with Crippen molar-refractivity contribution in [2.45, 2.75) is 26.3 Å². The topological polar surface area (TPSA) is 50.7 Å². The van der Waals surface area contributed by atoms with E-state index in [1.807, 2.05) is 24.3 Å². The van der Waals surface area contributed by atoms with Crippen molar-refractivity contribution in [2.24, 2.45) is 0 Å². The first-order chi connectivity index (χ1) is 11.1. The van der Waals surface area contributed by atoms with Gasteiger partial charge in [-0.1, -0.05) is 48.3 Å².